The van der Waals surface area contributed by atoms with Crippen molar-refractivity contribution in [3.8, 4) is 0 Å². The number of amides is 2. The molecule has 0 bridgehead atoms. The topological polar surface area (TPSA) is 74.0 Å². The van der Waals surface area contributed by atoms with Gasteiger partial charge in [0.15, 0.2) is 0 Å². The van der Waals surface area contributed by atoms with Crippen LogP contribution in [0.3, 0.4) is 0 Å². The van der Waals surface area contributed by atoms with Gasteiger partial charge in [0.05, 0.1) is 5.02 Å². The van der Waals surface area contributed by atoms with Gasteiger partial charge in [0.1, 0.15) is 10.8 Å². The van der Waals surface area contributed by atoms with E-state index >= 15 is 0 Å². The first-order valence-electron chi connectivity index (χ1n) is 7.62. The monoisotopic (exact) mass is 367 g/mol. The third kappa shape index (κ3) is 4.76. The number of hydrogen-bond acceptors (Lipinski definition) is 2. The molecule has 5 nitrogen and oxygen atoms in total. The minimum absolute atomic E-state index is 0.0191. The minimum atomic E-state index is -0.308. The van der Waals surface area contributed by atoms with E-state index in [1.807, 2.05) is 38.1 Å². The molecule has 3 N–H and O–H groups in total. The molecule has 0 radical (unpaired) electrons. The highest BCUT2D eigenvalue weighted by Crippen LogP contribution is 2.21. The average molecular weight is 368 g/mol. The van der Waals surface area contributed by atoms with Gasteiger partial charge in [-0.2, -0.15) is 0 Å². The van der Waals surface area contributed by atoms with Crippen LogP contribution in [0.15, 0.2) is 30.3 Å². The number of anilines is 1. The van der Waals surface area contributed by atoms with Crippen LogP contribution in [0.5, 0.6) is 0 Å². The zero-order valence-corrected chi connectivity index (χ0v) is 15.0. The van der Waals surface area contributed by atoms with E-state index in [-0.39, 0.29) is 22.9 Å². The molecule has 7 heteroatoms. The van der Waals surface area contributed by atoms with Gasteiger partial charge in [0.25, 0.3) is 5.91 Å². The Hall–Kier alpha value is -1.98. The predicted molar refractivity (Wildman–Crippen MR) is 96.5 cm³/mol. The summed E-state index contributed by atoms with van der Waals surface area (Å²) in [5, 5.41) is 6.18. The normalized spacial score (nSPS) is 11.8. The summed E-state index contributed by atoms with van der Waals surface area (Å²) in [6.07, 6.45) is 0.781. The molecule has 1 aromatic heterocycles. The molecule has 0 spiro atoms. The number of aromatic nitrogens is 1. The fraction of sp³-hybridized carbons (Fsp3) is 0.294. The average Bonchev–Trinajstić information content (AvgIpc) is 2.91. The van der Waals surface area contributed by atoms with Crippen molar-refractivity contribution < 1.29 is 9.59 Å². The Balaban J connectivity index is 1.97. The third-order valence-electron chi connectivity index (χ3n) is 3.68. The lowest BCUT2D eigenvalue weighted by molar-refractivity contribution is -0.119. The molecule has 2 rings (SSSR count). The maximum atomic E-state index is 12.0. The van der Waals surface area contributed by atoms with Crippen LogP contribution in [0.25, 0.3) is 0 Å². The standard InChI is InChI=1S/C17H19Cl2N3O2/c1-3-10(2)16(23)21-12-6-4-5-11(7-12)9-20-17(24)14-8-13(18)15(19)22-14/h4-8,10,22H,3,9H2,1-2H3,(H,20,24)(H,21,23). The van der Waals surface area contributed by atoms with E-state index in [1.54, 1.807) is 0 Å². The smallest absolute Gasteiger partial charge is 0.268 e. The number of nitrogens with one attached hydrogen (secondary N) is 3. The van der Waals surface area contributed by atoms with Crippen LogP contribution in [-0.4, -0.2) is 16.8 Å². The van der Waals surface area contributed by atoms with Gasteiger partial charge in [0.2, 0.25) is 5.91 Å². The summed E-state index contributed by atoms with van der Waals surface area (Å²) < 4.78 is 0. The second-order valence-corrected chi connectivity index (χ2v) is 6.31. The minimum Gasteiger partial charge on any atom is -0.347 e. The first-order chi connectivity index (χ1) is 11.4. The molecular formula is C17H19Cl2N3O2. The van der Waals surface area contributed by atoms with Crippen molar-refractivity contribution in [1.82, 2.24) is 10.3 Å². The molecule has 128 valence electrons. The molecule has 24 heavy (non-hydrogen) atoms. The zero-order chi connectivity index (χ0) is 17.7. The fourth-order valence-corrected chi connectivity index (χ4v) is 2.33. The molecular weight excluding hydrogens is 349 g/mol. The Morgan fingerprint density at radius 2 is 2.00 bits per heavy atom. The van der Waals surface area contributed by atoms with E-state index in [2.05, 4.69) is 15.6 Å². The highest BCUT2D eigenvalue weighted by atomic mass is 35.5. The lowest BCUT2D eigenvalue weighted by Crippen LogP contribution is -2.23. The SMILES string of the molecule is CCC(C)C(=O)Nc1cccc(CNC(=O)c2cc(Cl)c(Cl)[nH]2)c1. The van der Waals surface area contributed by atoms with E-state index in [0.717, 1.165) is 12.0 Å². The number of rotatable bonds is 6. The maximum Gasteiger partial charge on any atom is 0.268 e. The van der Waals surface area contributed by atoms with Crippen molar-refractivity contribution in [2.75, 3.05) is 5.32 Å². The second kappa shape index (κ2) is 8.22. The molecule has 2 amide bonds. The quantitative estimate of drug-likeness (QED) is 0.714. The molecule has 0 aliphatic rings. The number of benzene rings is 1. The number of hydrogen-bond donors (Lipinski definition) is 3. The Morgan fingerprint density at radius 1 is 1.25 bits per heavy atom. The summed E-state index contributed by atoms with van der Waals surface area (Å²) in [7, 11) is 0. The first kappa shape index (κ1) is 18.4. The molecule has 1 unspecified atom stereocenters. The van der Waals surface area contributed by atoms with E-state index < -0.39 is 0 Å². The molecule has 0 aliphatic carbocycles. The van der Waals surface area contributed by atoms with Gasteiger partial charge in [-0.15, -0.1) is 0 Å². The molecule has 2 aromatic rings. The van der Waals surface area contributed by atoms with Gasteiger partial charge >= 0.3 is 0 Å². The molecule has 0 saturated carbocycles. The summed E-state index contributed by atoms with van der Waals surface area (Å²) >= 11 is 11.6. The number of carbonyl (C=O) groups excluding carboxylic acids is 2. The van der Waals surface area contributed by atoms with Gasteiger partial charge in [-0.1, -0.05) is 49.2 Å². The number of carbonyl (C=O) groups is 2. The Labute approximate surface area is 150 Å². The summed E-state index contributed by atoms with van der Waals surface area (Å²) in [5.74, 6) is -0.372. The van der Waals surface area contributed by atoms with Gasteiger partial charge in [0, 0.05) is 18.2 Å². The van der Waals surface area contributed by atoms with Crippen LogP contribution in [0, 0.1) is 5.92 Å². The van der Waals surface area contributed by atoms with Gasteiger partial charge < -0.3 is 15.6 Å². The van der Waals surface area contributed by atoms with E-state index in [9.17, 15) is 9.59 Å². The second-order valence-electron chi connectivity index (χ2n) is 5.53. The first-order valence-corrected chi connectivity index (χ1v) is 8.38. The Morgan fingerprint density at radius 3 is 2.62 bits per heavy atom. The lowest BCUT2D eigenvalue weighted by atomic mass is 10.1. The van der Waals surface area contributed by atoms with E-state index in [1.165, 1.54) is 6.07 Å². The van der Waals surface area contributed by atoms with Crippen molar-refractivity contribution in [3.05, 3.63) is 51.8 Å². The van der Waals surface area contributed by atoms with Crippen molar-refractivity contribution in [2.45, 2.75) is 26.8 Å². The van der Waals surface area contributed by atoms with Gasteiger partial charge in [-0.05, 0) is 30.2 Å². The third-order valence-corrected chi connectivity index (χ3v) is 4.37. The lowest BCUT2D eigenvalue weighted by Gasteiger charge is -2.11. The zero-order valence-electron chi connectivity index (χ0n) is 13.5. The Bertz CT molecular complexity index is 724. The van der Waals surface area contributed by atoms with Crippen LogP contribution in [0.1, 0.15) is 36.3 Å². The Kier molecular flexibility index (Phi) is 6.29. The number of halogens is 2. The van der Waals surface area contributed by atoms with E-state index in [4.69, 9.17) is 23.2 Å². The van der Waals surface area contributed by atoms with Gasteiger partial charge in [-0.25, -0.2) is 0 Å². The molecule has 1 atom stereocenters. The van der Waals surface area contributed by atoms with Crippen LogP contribution >= 0.6 is 23.2 Å². The molecule has 1 heterocycles. The molecule has 0 fully saturated rings. The van der Waals surface area contributed by atoms with Crippen LogP contribution in [0.2, 0.25) is 10.2 Å². The van der Waals surface area contributed by atoms with Crippen LogP contribution in [0.4, 0.5) is 5.69 Å². The van der Waals surface area contributed by atoms with Crippen molar-refractivity contribution in [3.63, 3.8) is 0 Å². The highest BCUT2D eigenvalue weighted by molar-refractivity contribution is 6.41. The summed E-state index contributed by atoms with van der Waals surface area (Å²) in [6.45, 7) is 4.17. The van der Waals surface area contributed by atoms with Crippen molar-refractivity contribution >= 4 is 40.7 Å². The van der Waals surface area contributed by atoms with E-state index in [0.29, 0.717) is 22.9 Å². The summed E-state index contributed by atoms with van der Waals surface area (Å²) in [6, 6.07) is 8.82. The predicted octanol–water partition coefficient (Wildman–Crippen LogP) is 4.24. The molecule has 0 saturated heterocycles. The maximum absolute atomic E-state index is 12.0. The highest BCUT2D eigenvalue weighted by Gasteiger charge is 2.12. The largest absolute Gasteiger partial charge is 0.347 e. The van der Waals surface area contributed by atoms with Crippen molar-refractivity contribution in [1.29, 1.82) is 0 Å². The molecule has 1 aromatic carbocycles. The van der Waals surface area contributed by atoms with Crippen LogP contribution < -0.4 is 10.6 Å². The van der Waals surface area contributed by atoms with Crippen molar-refractivity contribution in [2.24, 2.45) is 5.92 Å². The molecule has 0 aliphatic heterocycles. The number of aromatic amines is 1. The van der Waals surface area contributed by atoms with Gasteiger partial charge in [-0.3, -0.25) is 9.59 Å². The summed E-state index contributed by atoms with van der Waals surface area (Å²) in [4.78, 5) is 26.7. The summed E-state index contributed by atoms with van der Waals surface area (Å²) in [5.41, 5.74) is 1.87. The fourth-order valence-electron chi connectivity index (χ4n) is 2.01. The van der Waals surface area contributed by atoms with Crippen LogP contribution in [-0.2, 0) is 11.3 Å². The number of H-pyrrole nitrogens is 1.